The number of nitrogens with one attached hydrogen (secondary N) is 2. The first-order valence-electron chi connectivity index (χ1n) is 6.99. The van der Waals surface area contributed by atoms with Gasteiger partial charge in [0.15, 0.2) is 0 Å². The van der Waals surface area contributed by atoms with E-state index in [1.165, 1.54) is 13.3 Å². The standard InChI is InChI=1S/C16H17N3O4/c1-3-17-16(21)19-18-10-13-8-9-14(23-13)11-4-6-12(7-5-11)15(20)22-2/h4-10H,3H2,1-2H3,(H2,17,19,21)/b18-10+. The molecule has 0 fully saturated rings. The van der Waals surface area contributed by atoms with Gasteiger partial charge in [0.1, 0.15) is 11.5 Å². The van der Waals surface area contributed by atoms with Crippen LogP contribution in [0.2, 0.25) is 0 Å². The molecule has 23 heavy (non-hydrogen) atoms. The van der Waals surface area contributed by atoms with E-state index >= 15 is 0 Å². The largest absolute Gasteiger partial charge is 0.465 e. The molecule has 1 aromatic carbocycles. The number of carbonyl (C=O) groups is 2. The Kier molecular flexibility index (Phi) is 5.51. The minimum atomic E-state index is -0.389. The molecular formula is C16H17N3O4. The van der Waals surface area contributed by atoms with Crippen LogP contribution in [0.5, 0.6) is 0 Å². The quantitative estimate of drug-likeness (QED) is 0.503. The number of amides is 2. The first-order valence-corrected chi connectivity index (χ1v) is 6.99. The number of hydrazone groups is 1. The van der Waals surface area contributed by atoms with Crippen molar-refractivity contribution in [2.75, 3.05) is 13.7 Å². The Morgan fingerprint density at radius 1 is 1.22 bits per heavy atom. The van der Waals surface area contributed by atoms with Crippen LogP contribution < -0.4 is 10.7 Å². The fourth-order valence-corrected chi connectivity index (χ4v) is 1.82. The molecule has 0 saturated carbocycles. The number of hydrogen-bond acceptors (Lipinski definition) is 5. The third-order valence-electron chi connectivity index (χ3n) is 2.91. The molecule has 0 radical (unpaired) electrons. The van der Waals surface area contributed by atoms with Crippen LogP contribution in [0.1, 0.15) is 23.0 Å². The maximum atomic E-state index is 11.4. The van der Waals surface area contributed by atoms with Crippen LogP contribution in [0.25, 0.3) is 11.3 Å². The molecule has 0 aliphatic heterocycles. The number of benzene rings is 1. The highest BCUT2D eigenvalue weighted by Crippen LogP contribution is 2.22. The molecule has 0 unspecified atom stereocenters. The van der Waals surface area contributed by atoms with Gasteiger partial charge in [-0.05, 0) is 31.2 Å². The molecule has 2 N–H and O–H groups in total. The molecular weight excluding hydrogens is 298 g/mol. The summed E-state index contributed by atoms with van der Waals surface area (Å²) in [5.41, 5.74) is 3.60. The zero-order valence-corrected chi connectivity index (χ0v) is 12.8. The minimum absolute atomic E-state index is 0.381. The Morgan fingerprint density at radius 3 is 2.61 bits per heavy atom. The summed E-state index contributed by atoms with van der Waals surface area (Å²) in [4.78, 5) is 22.5. The van der Waals surface area contributed by atoms with Crippen molar-refractivity contribution < 1.29 is 18.7 Å². The monoisotopic (exact) mass is 315 g/mol. The number of methoxy groups -OCH3 is 1. The van der Waals surface area contributed by atoms with E-state index in [1.54, 1.807) is 36.4 Å². The second-order valence-electron chi connectivity index (χ2n) is 4.50. The Hall–Kier alpha value is -3.09. The normalized spacial score (nSPS) is 10.5. The molecule has 0 atom stereocenters. The molecule has 7 heteroatoms. The Balaban J connectivity index is 2.03. The Morgan fingerprint density at radius 2 is 1.96 bits per heavy atom. The van der Waals surface area contributed by atoms with Crippen LogP contribution in [0.4, 0.5) is 4.79 Å². The van der Waals surface area contributed by atoms with E-state index in [0.29, 0.717) is 23.6 Å². The van der Waals surface area contributed by atoms with E-state index in [9.17, 15) is 9.59 Å². The summed E-state index contributed by atoms with van der Waals surface area (Å²) in [7, 11) is 1.34. The second-order valence-corrected chi connectivity index (χ2v) is 4.50. The Bertz CT molecular complexity index is 704. The van der Waals surface area contributed by atoms with E-state index in [2.05, 4.69) is 20.6 Å². The van der Waals surface area contributed by atoms with Gasteiger partial charge in [0.05, 0.1) is 18.9 Å². The molecule has 0 bridgehead atoms. The van der Waals surface area contributed by atoms with Crippen LogP contribution in [-0.4, -0.2) is 31.9 Å². The van der Waals surface area contributed by atoms with E-state index in [0.717, 1.165) is 5.56 Å². The number of ether oxygens (including phenoxy) is 1. The van der Waals surface area contributed by atoms with Crippen LogP contribution >= 0.6 is 0 Å². The lowest BCUT2D eigenvalue weighted by Gasteiger charge is -2.00. The van der Waals surface area contributed by atoms with Crippen LogP contribution in [0.15, 0.2) is 45.9 Å². The van der Waals surface area contributed by atoms with Gasteiger partial charge >= 0.3 is 12.0 Å². The maximum absolute atomic E-state index is 11.4. The third-order valence-corrected chi connectivity index (χ3v) is 2.91. The number of urea groups is 1. The van der Waals surface area contributed by atoms with Gasteiger partial charge in [0, 0.05) is 12.1 Å². The summed E-state index contributed by atoms with van der Waals surface area (Å²) >= 11 is 0. The number of furan rings is 1. The van der Waals surface area contributed by atoms with Gasteiger partial charge in [-0.3, -0.25) is 0 Å². The van der Waals surface area contributed by atoms with Crippen molar-refractivity contribution in [1.82, 2.24) is 10.7 Å². The molecule has 0 aliphatic carbocycles. The number of nitrogens with zero attached hydrogens (tertiary/aromatic N) is 1. The summed E-state index contributed by atoms with van der Waals surface area (Å²) in [5.74, 6) is 0.731. The van der Waals surface area contributed by atoms with E-state index in [1.807, 2.05) is 6.92 Å². The maximum Gasteiger partial charge on any atom is 0.337 e. The summed E-state index contributed by atoms with van der Waals surface area (Å²) in [5, 5.41) is 6.32. The molecule has 2 rings (SSSR count). The smallest absolute Gasteiger partial charge is 0.337 e. The van der Waals surface area contributed by atoms with Gasteiger partial charge in [-0.2, -0.15) is 5.10 Å². The average Bonchev–Trinajstić information content (AvgIpc) is 3.03. The summed E-state index contributed by atoms with van der Waals surface area (Å²) in [6.45, 7) is 2.33. The van der Waals surface area contributed by atoms with Gasteiger partial charge in [-0.15, -0.1) is 0 Å². The molecule has 120 valence electrons. The molecule has 1 aromatic heterocycles. The SMILES string of the molecule is CCNC(=O)N/N=C/c1ccc(-c2ccc(C(=O)OC)cc2)o1. The molecule has 0 spiro atoms. The lowest BCUT2D eigenvalue weighted by atomic mass is 10.1. The number of hydrogen-bond donors (Lipinski definition) is 2. The molecule has 0 saturated heterocycles. The van der Waals surface area contributed by atoms with Gasteiger partial charge in [-0.25, -0.2) is 15.0 Å². The predicted molar refractivity (Wildman–Crippen MR) is 85.3 cm³/mol. The van der Waals surface area contributed by atoms with E-state index in [-0.39, 0.29) is 12.0 Å². The second kappa shape index (κ2) is 7.79. The zero-order valence-electron chi connectivity index (χ0n) is 12.8. The lowest BCUT2D eigenvalue weighted by molar-refractivity contribution is 0.0600. The summed E-state index contributed by atoms with van der Waals surface area (Å²) < 4.78 is 10.2. The van der Waals surface area contributed by atoms with Crippen LogP contribution in [0.3, 0.4) is 0 Å². The molecule has 2 amide bonds. The average molecular weight is 315 g/mol. The Labute approximate surface area is 133 Å². The number of esters is 1. The highest BCUT2D eigenvalue weighted by molar-refractivity contribution is 5.89. The lowest BCUT2D eigenvalue weighted by Crippen LogP contribution is -2.31. The zero-order chi connectivity index (χ0) is 16.7. The highest BCUT2D eigenvalue weighted by atomic mass is 16.5. The van der Waals surface area contributed by atoms with Gasteiger partial charge in [0.2, 0.25) is 0 Å². The fourth-order valence-electron chi connectivity index (χ4n) is 1.82. The first-order chi connectivity index (χ1) is 11.1. The molecule has 1 heterocycles. The fraction of sp³-hybridized carbons (Fsp3) is 0.188. The van der Waals surface area contributed by atoms with Gasteiger partial charge in [-0.1, -0.05) is 12.1 Å². The number of carbonyl (C=O) groups excluding carboxylic acids is 2. The van der Waals surface area contributed by atoms with Crippen molar-refractivity contribution in [3.05, 3.63) is 47.7 Å². The van der Waals surface area contributed by atoms with Crippen LogP contribution in [0, 0.1) is 0 Å². The van der Waals surface area contributed by atoms with E-state index in [4.69, 9.17) is 4.42 Å². The molecule has 2 aromatic rings. The number of rotatable bonds is 5. The molecule has 0 aliphatic rings. The van der Waals surface area contributed by atoms with Crippen molar-refractivity contribution in [1.29, 1.82) is 0 Å². The third kappa shape index (κ3) is 4.44. The van der Waals surface area contributed by atoms with Gasteiger partial charge < -0.3 is 14.5 Å². The van der Waals surface area contributed by atoms with Crippen molar-refractivity contribution in [2.24, 2.45) is 5.10 Å². The molecule has 7 nitrogen and oxygen atoms in total. The van der Waals surface area contributed by atoms with Crippen molar-refractivity contribution >= 4 is 18.2 Å². The predicted octanol–water partition coefficient (Wildman–Crippen LogP) is 2.39. The van der Waals surface area contributed by atoms with Crippen LogP contribution in [-0.2, 0) is 4.74 Å². The summed E-state index contributed by atoms with van der Waals surface area (Å²) in [6, 6.07) is 9.97. The first kappa shape index (κ1) is 16.3. The van der Waals surface area contributed by atoms with E-state index < -0.39 is 0 Å². The van der Waals surface area contributed by atoms with Gasteiger partial charge in [0.25, 0.3) is 0 Å². The topological polar surface area (TPSA) is 92.9 Å². The van der Waals surface area contributed by atoms with Crippen molar-refractivity contribution in [3.63, 3.8) is 0 Å². The highest BCUT2D eigenvalue weighted by Gasteiger charge is 2.07. The van der Waals surface area contributed by atoms with Crippen molar-refractivity contribution in [3.8, 4) is 11.3 Å². The summed E-state index contributed by atoms with van der Waals surface area (Å²) in [6.07, 6.45) is 1.40. The van der Waals surface area contributed by atoms with Crippen molar-refractivity contribution in [2.45, 2.75) is 6.92 Å². The minimum Gasteiger partial charge on any atom is -0.465 e.